The molecular formula is C10H18O3Si. The van der Waals surface area contributed by atoms with E-state index >= 15 is 0 Å². The van der Waals surface area contributed by atoms with Crippen molar-refractivity contribution in [1.29, 1.82) is 0 Å². The van der Waals surface area contributed by atoms with Crippen LogP contribution in [0.15, 0.2) is 12.7 Å². The zero-order valence-electron chi connectivity index (χ0n) is 7.84. The summed E-state index contributed by atoms with van der Waals surface area (Å²) in [6, 6.07) is 0. The molecule has 1 atom stereocenters. The number of cyclic esters (lactones) is 2. The van der Waals surface area contributed by atoms with Crippen molar-refractivity contribution in [2.24, 2.45) is 5.41 Å². The predicted octanol–water partition coefficient (Wildman–Crippen LogP) is 0.371. The largest absolute Gasteiger partial charge is 0.393 e. The van der Waals surface area contributed by atoms with Gasteiger partial charge in [0.05, 0.1) is 11.8 Å². The molecule has 1 aliphatic rings. The molecule has 1 aliphatic heterocycles. The summed E-state index contributed by atoms with van der Waals surface area (Å²) in [6.45, 7) is 5.58. The van der Waals surface area contributed by atoms with Gasteiger partial charge in [-0.2, -0.15) is 0 Å². The van der Waals surface area contributed by atoms with Crippen molar-refractivity contribution >= 4 is 22.9 Å². The van der Waals surface area contributed by atoms with E-state index in [4.69, 9.17) is 0 Å². The monoisotopic (exact) mass is 214 g/mol. The maximum Gasteiger partial charge on any atom is 0.320 e. The quantitative estimate of drug-likeness (QED) is 0.294. The normalized spacial score (nSPS) is 25.5. The van der Waals surface area contributed by atoms with Gasteiger partial charge in [-0.25, -0.2) is 0 Å². The Morgan fingerprint density at radius 2 is 2.21 bits per heavy atom. The molecule has 0 aromatic heterocycles. The molecule has 0 amide bonds. The van der Waals surface area contributed by atoms with Gasteiger partial charge < -0.3 is 4.74 Å². The van der Waals surface area contributed by atoms with Crippen LogP contribution in [0.1, 0.15) is 32.6 Å². The van der Waals surface area contributed by atoms with Crippen LogP contribution in [0.4, 0.5) is 0 Å². The van der Waals surface area contributed by atoms with Gasteiger partial charge in [-0.15, -0.1) is 6.58 Å². The fraction of sp³-hybridized carbons (Fsp3) is 0.600. The molecule has 1 unspecified atom stereocenters. The molecule has 0 radical (unpaired) electrons. The van der Waals surface area contributed by atoms with Gasteiger partial charge in [-0.1, -0.05) is 19.4 Å². The number of rotatable bonds is 4. The number of ether oxygens (including phenoxy) is 1. The maximum atomic E-state index is 11.4. The van der Waals surface area contributed by atoms with E-state index in [9.17, 15) is 9.59 Å². The second-order valence-corrected chi connectivity index (χ2v) is 3.46. The average Bonchev–Trinajstić information content (AvgIpc) is 2.28. The van der Waals surface area contributed by atoms with Gasteiger partial charge in [0.25, 0.3) is 0 Å². The van der Waals surface area contributed by atoms with E-state index in [0.717, 1.165) is 6.42 Å². The molecular weight excluding hydrogens is 196 g/mol. The summed E-state index contributed by atoms with van der Waals surface area (Å²) in [4.78, 5) is 22.3. The van der Waals surface area contributed by atoms with Crippen molar-refractivity contribution in [3.63, 3.8) is 0 Å². The van der Waals surface area contributed by atoms with Crippen LogP contribution in [-0.2, 0) is 14.3 Å². The van der Waals surface area contributed by atoms with Crippen LogP contribution in [0.3, 0.4) is 0 Å². The summed E-state index contributed by atoms with van der Waals surface area (Å²) < 4.78 is 4.56. The molecule has 1 heterocycles. The van der Waals surface area contributed by atoms with Crippen LogP contribution in [0, 0.1) is 5.41 Å². The van der Waals surface area contributed by atoms with Crippen molar-refractivity contribution in [1.82, 2.24) is 0 Å². The van der Waals surface area contributed by atoms with Crippen molar-refractivity contribution in [3.8, 4) is 0 Å². The van der Waals surface area contributed by atoms with Gasteiger partial charge in [0, 0.05) is 0 Å². The molecule has 4 heteroatoms. The Bertz CT molecular complexity index is 250. The van der Waals surface area contributed by atoms with Crippen molar-refractivity contribution in [2.75, 3.05) is 0 Å². The summed E-state index contributed by atoms with van der Waals surface area (Å²) in [7, 11) is 0. The van der Waals surface area contributed by atoms with E-state index in [0.29, 0.717) is 12.8 Å². The van der Waals surface area contributed by atoms with Crippen LogP contribution >= 0.6 is 0 Å². The van der Waals surface area contributed by atoms with Crippen LogP contribution in [0.5, 0.6) is 0 Å². The predicted molar refractivity (Wildman–Crippen MR) is 59.2 cm³/mol. The van der Waals surface area contributed by atoms with E-state index in [-0.39, 0.29) is 23.4 Å². The van der Waals surface area contributed by atoms with Crippen LogP contribution in [0.2, 0.25) is 0 Å². The third-order valence-corrected chi connectivity index (χ3v) is 2.39. The SMILES string of the molecule is C=CCC1(CCC)CC(=O)OC1=O.[SiH4]. The van der Waals surface area contributed by atoms with Gasteiger partial charge in [-0.3, -0.25) is 9.59 Å². The number of hydrogen-bond donors (Lipinski definition) is 0. The van der Waals surface area contributed by atoms with E-state index < -0.39 is 11.4 Å². The van der Waals surface area contributed by atoms with E-state index in [1.807, 2.05) is 6.92 Å². The smallest absolute Gasteiger partial charge is 0.320 e. The standard InChI is InChI=1S/C10H14O3.H4Si/c1-3-5-10(6-4-2)7-8(11)13-9(10)12;/h3H,1,4-7H2,2H3;1H4. The first kappa shape index (κ1) is 13.1. The van der Waals surface area contributed by atoms with Gasteiger partial charge in [0.1, 0.15) is 0 Å². The Kier molecular flexibility index (Phi) is 4.77. The maximum absolute atomic E-state index is 11.4. The van der Waals surface area contributed by atoms with Gasteiger partial charge in [0.2, 0.25) is 0 Å². The number of allylic oxidation sites excluding steroid dienone is 1. The van der Waals surface area contributed by atoms with E-state index in [1.54, 1.807) is 6.08 Å². The summed E-state index contributed by atoms with van der Waals surface area (Å²) in [6.07, 6.45) is 3.99. The molecule has 1 fully saturated rings. The van der Waals surface area contributed by atoms with Crippen molar-refractivity contribution in [2.45, 2.75) is 32.6 Å². The Labute approximate surface area is 88.5 Å². The molecule has 0 spiro atoms. The zero-order chi connectivity index (χ0) is 9.90. The molecule has 0 aliphatic carbocycles. The highest BCUT2D eigenvalue weighted by atomic mass is 28.1. The van der Waals surface area contributed by atoms with Gasteiger partial charge in [-0.05, 0) is 23.8 Å². The molecule has 3 nitrogen and oxygen atoms in total. The second kappa shape index (κ2) is 5.10. The Balaban J connectivity index is 0.00000169. The zero-order valence-corrected chi connectivity index (χ0v) is 7.84. The Hall–Kier alpha value is -0.903. The minimum Gasteiger partial charge on any atom is -0.393 e. The highest BCUT2D eigenvalue weighted by molar-refractivity contribution is 5.97. The molecule has 0 bridgehead atoms. The molecule has 80 valence electrons. The van der Waals surface area contributed by atoms with Gasteiger partial charge >= 0.3 is 11.9 Å². The molecule has 0 aromatic carbocycles. The lowest BCUT2D eigenvalue weighted by Crippen LogP contribution is -2.25. The van der Waals surface area contributed by atoms with Crippen LogP contribution in [-0.4, -0.2) is 22.9 Å². The number of hydrogen-bond acceptors (Lipinski definition) is 3. The lowest BCUT2D eigenvalue weighted by molar-refractivity contribution is -0.155. The van der Waals surface area contributed by atoms with E-state index in [2.05, 4.69) is 11.3 Å². The lowest BCUT2D eigenvalue weighted by Gasteiger charge is -2.20. The fourth-order valence-electron chi connectivity index (χ4n) is 1.80. The summed E-state index contributed by atoms with van der Waals surface area (Å²) in [5.74, 6) is -0.778. The van der Waals surface area contributed by atoms with Crippen molar-refractivity contribution in [3.05, 3.63) is 12.7 Å². The number of carbonyl (C=O) groups is 2. The second-order valence-electron chi connectivity index (χ2n) is 3.46. The summed E-state index contributed by atoms with van der Waals surface area (Å²) >= 11 is 0. The minimum atomic E-state index is -0.604. The minimum absolute atomic E-state index is 0. The first-order valence-corrected chi connectivity index (χ1v) is 4.50. The molecule has 14 heavy (non-hydrogen) atoms. The average molecular weight is 214 g/mol. The third-order valence-electron chi connectivity index (χ3n) is 2.39. The topological polar surface area (TPSA) is 43.4 Å². The molecule has 0 aromatic rings. The first-order valence-electron chi connectivity index (χ1n) is 4.50. The summed E-state index contributed by atoms with van der Waals surface area (Å²) in [5.41, 5.74) is -0.604. The number of esters is 2. The Morgan fingerprint density at radius 3 is 2.57 bits per heavy atom. The first-order chi connectivity index (χ1) is 6.14. The fourth-order valence-corrected chi connectivity index (χ4v) is 1.80. The molecule has 1 rings (SSSR count). The van der Waals surface area contributed by atoms with Crippen molar-refractivity contribution < 1.29 is 14.3 Å². The molecule has 0 saturated carbocycles. The third kappa shape index (κ3) is 2.32. The van der Waals surface area contributed by atoms with Crippen LogP contribution < -0.4 is 0 Å². The van der Waals surface area contributed by atoms with Crippen LogP contribution in [0.25, 0.3) is 0 Å². The molecule has 0 N–H and O–H groups in total. The van der Waals surface area contributed by atoms with Gasteiger partial charge in [0.15, 0.2) is 0 Å². The highest BCUT2D eigenvalue weighted by Crippen LogP contribution is 2.39. The van der Waals surface area contributed by atoms with E-state index in [1.165, 1.54) is 0 Å². The lowest BCUT2D eigenvalue weighted by atomic mass is 9.79. The Morgan fingerprint density at radius 1 is 1.57 bits per heavy atom. The highest BCUT2D eigenvalue weighted by Gasteiger charge is 2.47. The molecule has 1 saturated heterocycles. The summed E-state index contributed by atoms with van der Waals surface area (Å²) in [5, 5.41) is 0. The number of carbonyl (C=O) groups excluding carboxylic acids is 2.